The first-order chi connectivity index (χ1) is 8.69. The lowest BCUT2D eigenvalue weighted by Crippen LogP contribution is -2.30. The third-order valence-corrected chi connectivity index (χ3v) is 3.26. The number of aliphatic hydroxyl groups excluding tert-OH is 1. The number of aromatic nitrogens is 3. The van der Waals surface area contributed by atoms with Gasteiger partial charge in [0.2, 0.25) is 11.9 Å². The maximum absolute atomic E-state index is 8.89. The minimum absolute atomic E-state index is 0.170. The zero-order chi connectivity index (χ0) is 13.0. The maximum atomic E-state index is 8.89. The Kier molecular flexibility index (Phi) is 4.27. The molecule has 5 N–H and O–H groups in total. The highest BCUT2D eigenvalue weighted by Gasteiger charge is 2.24. The van der Waals surface area contributed by atoms with Gasteiger partial charge >= 0.3 is 0 Å². The number of nitrogens with two attached hydrogens (primary N) is 2. The molecule has 2 rings (SSSR count). The minimum atomic E-state index is 0.170. The molecule has 1 unspecified atom stereocenters. The summed E-state index contributed by atoms with van der Waals surface area (Å²) < 4.78 is 0. The summed E-state index contributed by atoms with van der Waals surface area (Å²) in [7, 11) is 0. The van der Waals surface area contributed by atoms with Crippen molar-refractivity contribution in [1.82, 2.24) is 19.9 Å². The third kappa shape index (κ3) is 3.27. The van der Waals surface area contributed by atoms with E-state index in [9.17, 15) is 0 Å². The molecule has 100 valence electrons. The molecule has 1 aliphatic rings. The molecule has 0 radical (unpaired) electrons. The molecule has 7 heteroatoms. The topological polar surface area (TPSA) is 114 Å². The van der Waals surface area contributed by atoms with Crippen molar-refractivity contribution in [2.24, 2.45) is 0 Å². The molecule has 1 aromatic heterocycles. The highest BCUT2D eigenvalue weighted by molar-refractivity contribution is 5.25. The summed E-state index contributed by atoms with van der Waals surface area (Å²) in [6, 6.07) is 0.497. The van der Waals surface area contributed by atoms with Crippen LogP contribution in [0.2, 0.25) is 0 Å². The highest BCUT2D eigenvalue weighted by Crippen LogP contribution is 2.22. The Hall–Kier alpha value is -1.47. The molecule has 1 aromatic rings. The number of anilines is 2. The fourth-order valence-corrected chi connectivity index (χ4v) is 2.47. The van der Waals surface area contributed by atoms with Crippen LogP contribution in [0.25, 0.3) is 0 Å². The second-order valence-electron chi connectivity index (χ2n) is 4.60. The molecule has 1 aliphatic heterocycles. The predicted octanol–water partition coefficient (Wildman–Crippen LogP) is -0.227. The van der Waals surface area contributed by atoms with Gasteiger partial charge in [-0.3, -0.25) is 4.90 Å². The fraction of sp³-hybridized carbons (Fsp3) is 0.727. The predicted molar refractivity (Wildman–Crippen MR) is 68.4 cm³/mol. The van der Waals surface area contributed by atoms with Gasteiger partial charge in [0.05, 0.1) is 6.54 Å². The van der Waals surface area contributed by atoms with Gasteiger partial charge in [0.15, 0.2) is 0 Å². The molecule has 0 aliphatic carbocycles. The van der Waals surface area contributed by atoms with Crippen molar-refractivity contribution in [2.75, 3.05) is 24.6 Å². The lowest BCUT2D eigenvalue weighted by atomic mass is 10.1. The zero-order valence-corrected chi connectivity index (χ0v) is 10.4. The summed E-state index contributed by atoms with van der Waals surface area (Å²) in [5, 5.41) is 8.89. The lowest BCUT2D eigenvalue weighted by molar-refractivity contribution is 0.206. The lowest BCUT2D eigenvalue weighted by Gasteiger charge is -2.23. The largest absolute Gasteiger partial charge is 0.396 e. The van der Waals surface area contributed by atoms with Gasteiger partial charge in [0, 0.05) is 12.6 Å². The highest BCUT2D eigenvalue weighted by atomic mass is 16.2. The molecule has 0 aromatic carbocycles. The Balaban J connectivity index is 1.98. The van der Waals surface area contributed by atoms with Gasteiger partial charge in [-0.2, -0.15) is 15.0 Å². The van der Waals surface area contributed by atoms with E-state index in [1.165, 1.54) is 6.42 Å². The SMILES string of the molecule is Nc1nc(N)nc(CN2CCCC2CCCO)n1. The number of rotatable bonds is 5. The van der Waals surface area contributed by atoms with Crippen molar-refractivity contribution in [2.45, 2.75) is 38.3 Å². The average molecular weight is 252 g/mol. The van der Waals surface area contributed by atoms with Crippen LogP contribution in [0.5, 0.6) is 0 Å². The van der Waals surface area contributed by atoms with Crippen LogP contribution in [0.3, 0.4) is 0 Å². The molecule has 7 nitrogen and oxygen atoms in total. The van der Waals surface area contributed by atoms with Crippen LogP contribution in [0.15, 0.2) is 0 Å². The van der Waals surface area contributed by atoms with Gasteiger partial charge in [-0.05, 0) is 32.2 Å². The van der Waals surface area contributed by atoms with Crippen LogP contribution in [-0.4, -0.2) is 44.2 Å². The van der Waals surface area contributed by atoms with E-state index in [4.69, 9.17) is 16.6 Å². The van der Waals surface area contributed by atoms with E-state index in [0.29, 0.717) is 18.4 Å². The fourth-order valence-electron chi connectivity index (χ4n) is 2.47. The number of nitrogens with zero attached hydrogens (tertiary/aromatic N) is 4. The monoisotopic (exact) mass is 252 g/mol. The second-order valence-corrected chi connectivity index (χ2v) is 4.60. The average Bonchev–Trinajstić information content (AvgIpc) is 2.72. The van der Waals surface area contributed by atoms with Gasteiger partial charge in [-0.1, -0.05) is 0 Å². The Bertz CT molecular complexity index is 379. The summed E-state index contributed by atoms with van der Waals surface area (Å²) in [5.41, 5.74) is 11.1. The second kappa shape index (κ2) is 5.92. The van der Waals surface area contributed by atoms with Gasteiger partial charge in [0.1, 0.15) is 5.82 Å². The summed E-state index contributed by atoms with van der Waals surface area (Å²) in [6.45, 7) is 1.92. The minimum Gasteiger partial charge on any atom is -0.396 e. The molecule has 1 fully saturated rings. The summed E-state index contributed by atoms with van der Waals surface area (Å²) in [6.07, 6.45) is 4.18. The van der Waals surface area contributed by atoms with Crippen LogP contribution in [0, 0.1) is 0 Å². The van der Waals surface area contributed by atoms with Crippen LogP contribution >= 0.6 is 0 Å². The van der Waals surface area contributed by atoms with Crippen LogP contribution in [0.1, 0.15) is 31.5 Å². The van der Waals surface area contributed by atoms with E-state index >= 15 is 0 Å². The van der Waals surface area contributed by atoms with E-state index in [0.717, 1.165) is 25.8 Å². The van der Waals surface area contributed by atoms with Crippen LogP contribution in [0.4, 0.5) is 11.9 Å². The molecule has 0 saturated carbocycles. The van der Waals surface area contributed by atoms with E-state index < -0.39 is 0 Å². The van der Waals surface area contributed by atoms with Crippen molar-refractivity contribution in [3.8, 4) is 0 Å². The molecule has 0 amide bonds. The first-order valence-electron chi connectivity index (χ1n) is 6.30. The van der Waals surface area contributed by atoms with Gasteiger partial charge in [-0.15, -0.1) is 0 Å². The van der Waals surface area contributed by atoms with Gasteiger partial charge < -0.3 is 16.6 Å². The van der Waals surface area contributed by atoms with Gasteiger partial charge in [-0.25, -0.2) is 0 Å². The number of hydrogen-bond acceptors (Lipinski definition) is 7. The van der Waals surface area contributed by atoms with Crippen molar-refractivity contribution in [3.63, 3.8) is 0 Å². The Morgan fingerprint density at radius 3 is 2.61 bits per heavy atom. The van der Waals surface area contributed by atoms with Crippen LogP contribution in [-0.2, 0) is 6.54 Å². The standard InChI is InChI=1S/C11H20N6O/c12-10-14-9(15-11(13)16-10)7-17-5-1-3-8(17)4-2-6-18/h8,18H,1-7H2,(H4,12,13,14,15,16). The first kappa shape index (κ1) is 13.0. The van der Waals surface area contributed by atoms with Crippen molar-refractivity contribution < 1.29 is 5.11 Å². The molecule has 0 spiro atoms. The summed E-state index contributed by atoms with van der Waals surface area (Å²) >= 11 is 0. The molecule has 1 atom stereocenters. The molecule has 2 heterocycles. The molecular weight excluding hydrogens is 232 g/mol. The third-order valence-electron chi connectivity index (χ3n) is 3.26. The quantitative estimate of drug-likeness (QED) is 0.663. The molecule has 1 saturated heterocycles. The summed E-state index contributed by atoms with van der Waals surface area (Å²) in [5.74, 6) is 0.961. The van der Waals surface area contributed by atoms with E-state index in [2.05, 4.69) is 19.9 Å². The van der Waals surface area contributed by atoms with Crippen molar-refractivity contribution >= 4 is 11.9 Å². The number of hydrogen-bond donors (Lipinski definition) is 3. The van der Waals surface area contributed by atoms with Gasteiger partial charge in [0.25, 0.3) is 0 Å². The smallest absolute Gasteiger partial charge is 0.225 e. The van der Waals surface area contributed by atoms with Crippen LogP contribution < -0.4 is 11.5 Å². The van der Waals surface area contributed by atoms with E-state index in [-0.39, 0.29) is 18.5 Å². The Morgan fingerprint density at radius 1 is 1.22 bits per heavy atom. The number of aliphatic hydroxyl groups is 1. The normalized spacial score (nSPS) is 20.4. The maximum Gasteiger partial charge on any atom is 0.225 e. The molecule has 0 bridgehead atoms. The van der Waals surface area contributed by atoms with E-state index in [1.807, 2.05) is 0 Å². The van der Waals surface area contributed by atoms with E-state index in [1.54, 1.807) is 0 Å². The van der Waals surface area contributed by atoms with Crippen molar-refractivity contribution in [3.05, 3.63) is 5.82 Å². The number of likely N-dealkylation sites (tertiary alicyclic amines) is 1. The molecular formula is C11H20N6O. The first-order valence-corrected chi connectivity index (χ1v) is 6.30. The number of nitrogen functional groups attached to an aromatic ring is 2. The Morgan fingerprint density at radius 2 is 1.94 bits per heavy atom. The zero-order valence-electron chi connectivity index (χ0n) is 10.4. The molecule has 18 heavy (non-hydrogen) atoms. The van der Waals surface area contributed by atoms with Crippen molar-refractivity contribution in [1.29, 1.82) is 0 Å². The Labute approximate surface area is 106 Å². The summed E-state index contributed by atoms with van der Waals surface area (Å²) in [4.78, 5) is 14.3.